The molecule has 1 saturated heterocycles. The SMILES string of the molecule is Cc1ccc(S(=O)(=O)N2CCN(CCOC(=O)c3ccccc3)CC2)cc1C. The van der Waals surface area contributed by atoms with Gasteiger partial charge in [0.2, 0.25) is 10.0 Å². The molecule has 0 unspecified atom stereocenters. The van der Waals surface area contributed by atoms with Gasteiger partial charge in [0, 0.05) is 32.7 Å². The van der Waals surface area contributed by atoms with Gasteiger partial charge in [-0.15, -0.1) is 0 Å². The number of hydrogen-bond acceptors (Lipinski definition) is 5. The van der Waals surface area contributed by atoms with E-state index in [9.17, 15) is 13.2 Å². The van der Waals surface area contributed by atoms with E-state index in [-0.39, 0.29) is 12.6 Å². The lowest BCUT2D eigenvalue weighted by Gasteiger charge is -2.33. The first kappa shape index (κ1) is 20.5. The Morgan fingerprint density at radius 1 is 0.964 bits per heavy atom. The van der Waals surface area contributed by atoms with E-state index >= 15 is 0 Å². The van der Waals surface area contributed by atoms with Gasteiger partial charge in [0.25, 0.3) is 0 Å². The summed E-state index contributed by atoms with van der Waals surface area (Å²) in [6.45, 7) is 6.87. The van der Waals surface area contributed by atoms with Crippen LogP contribution in [0.5, 0.6) is 0 Å². The summed E-state index contributed by atoms with van der Waals surface area (Å²) < 4.78 is 32.5. The van der Waals surface area contributed by atoms with Gasteiger partial charge in [-0.3, -0.25) is 4.90 Å². The molecule has 7 heteroatoms. The number of carbonyl (C=O) groups excluding carboxylic acids is 1. The summed E-state index contributed by atoms with van der Waals surface area (Å²) >= 11 is 0. The van der Waals surface area contributed by atoms with Crippen molar-refractivity contribution in [1.29, 1.82) is 0 Å². The Hall–Kier alpha value is -2.22. The van der Waals surface area contributed by atoms with Crippen molar-refractivity contribution < 1.29 is 17.9 Å². The second kappa shape index (κ2) is 8.86. The van der Waals surface area contributed by atoms with Crippen molar-refractivity contribution in [1.82, 2.24) is 9.21 Å². The van der Waals surface area contributed by atoms with Crippen LogP contribution in [0.15, 0.2) is 53.4 Å². The topological polar surface area (TPSA) is 66.9 Å². The lowest BCUT2D eigenvalue weighted by molar-refractivity contribution is 0.0445. The Kier molecular flexibility index (Phi) is 6.49. The highest BCUT2D eigenvalue weighted by Crippen LogP contribution is 2.20. The molecule has 1 heterocycles. The minimum absolute atomic E-state index is 0.289. The molecule has 28 heavy (non-hydrogen) atoms. The molecule has 1 aliphatic rings. The maximum atomic E-state index is 12.9. The van der Waals surface area contributed by atoms with Crippen LogP contribution >= 0.6 is 0 Å². The van der Waals surface area contributed by atoms with E-state index in [0.717, 1.165) is 11.1 Å². The minimum atomic E-state index is -3.47. The molecule has 2 aromatic rings. The molecular weight excluding hydrogens is 376 g/mol. The van der Waals surface area contributed by atoms with Crippen LogP contribution in [-0.4, -0.2) is 62.9 Å². The van der Waals surface area contributed by atoms with Crippen molar-refractivity contribution in [3.63, 3.8) is 0 Å². The van der Waals surface area contributed by atoms with Crippen LogP contribution < -0.4 is 0 Å². The van der Waals surface area contributed by atoms with Crippen LogP contribution in [0.1, 0.15) is 21.5 Å². The van der Waals surface area contributed by atoms with Crippen molar-refractivity contribution in [2.45, 2.75) is 18.7 Å². The molecule has 0 atom stereocenters. The Morgan fingerprint density at radius 2 is 1.64 bits per heavy atom. The predicted molar refractivity (Wildman–Crippen MR) is 108 cm³/mol. The molecule has 0 amide bonds. The van der Waals surface area contributed by atoms with Gasteiger partial charge in [-0.05, 0) is 49.2 Å². The second-order valence-corrected chi connectivity index (χ2v) is 8.93. The lowest BCUT2D eigenvalue weighted by Crippen LogP contribution is -2.49. The zero-order valence-electron chi connectivity index (χ0n) is 16.3. The van der Waals surface area contributed by atoms with Crippen LogP contribution in [0.25, 0.3) is 0 Å². The van der Waals surface area contributed by atoms with E-state index in [1.54, 1.807) is 36.4 Å². The highest BCUT2D eigenvalue weighted by atomic mass is 32.2. The first-order valence-corrected chi connectivity index (χ1v) is 10.8. The smallest absolute Gasteiger partial charge is 0.338 e. The fourth-order valence-corrected chi connectivity index (χ4v) is 4.65. The zero-order valence-corrected chi connectivity index (χ0v) is 17.1. The van der Waals surface area contributed by atoms with E-state index < -0.39 is 10.0 Å². The predicted octanol–water partition coefficient (Wildman–Crippen LogP) is 2.47. The molecule has 0 saturated carbocycles. The summed E-state index contributed by atoms with van der Waals surface area (Å²) in [4.78, 5) is 14.4. The molecule has 2 aromatic carbocycles. The van der Waals surface area contributed by atoms with Crippen molar-refractivity contribution in [2.75, 3.05) is 39.3 Å². The molecule has 150 valence electrons. The van der Waals surface area contributed by atoms with Gasteiger partial charge in [0.05, 0.1) is 10.5 Å². The van der Waals surface area contributed by atoms with E-state index in [0.29, 0.717) is 43.2 Å². The number of sulfonamides is 1. The van der Waals surface area contributed by atoms with Gasteiger partial charge < -0.3 is 4.74 Å². The standard InChI is InChI=1S/C21H26N2O4S/c1-17-8-9-20(16-18(17)2)28(25,26)23-12-10-22(11-13-23)14-15-27-21(24)19-6-4-3-5-7-19/h3-9,16H,10-15H2,1-2H3. The van der Waals surface area contributed by atoms with E-state index in [2.05, 4.69) is 4.90 Å². The zero-order chi connectivity index (χ0) is 20.1. The Bertz CT molecular complexity index is 921. The molecular formula is C21H26N2O4S. The number of aryl methyl sites for hydroxylation is 2. The molecule has 0 radical (unpaired) electrons. The number of ether oxygens (including phenoxy) is 1. The number of esters is 1. The van der Waals surface area contributed by atoms with Crippen molar-refractivity contribution >= 4 is 16.0 Å². The van der Waals surface area contributed by atoms with Gasteiger partial charge in [-0.25, -0.2) is 13.2 Å². The molecule has 1 fully saturated rings. The van der Waals surface area contributed by atoms with Gasteiger partial charge >= 0.3 is 5.97 Å². The molecule has 0 aliphatic carbocycles. The summed E-state index contributed by atoms with van der Waals surface area (Å²) in [5.74, 6) is -0.337. The van der Waals surface area contributed by atoms with E-state index in [1.807, 2.05) is 26.0 Å². The monoisotopic (exact) mass is 402 g/mol. The molecule has 0 bridgehead atoms. The highest BCUT2D eigenvalue weighted by molar-refractivity contribution is 7.89. The third-order valence-corrected chi connectivity index (χ3v) is 6.99. The van der Waals surface area contributed by atoms with E-state index in [1.165, 1.54) is 4.31 Å². The minimum Gasteiger partial charge on any atom is -0.461 e. The Labute approximate surface area is 166 Å². The van der Waals surface area contributed by atoms with Crippen LogP contribution in [-0.2, 0) is 14.8 Å². The summed E-state index contributed by atoms with van der Waals surface area (Å²) in [5, 5.41) is 0. The highest BCUT2D eigenvalue weighted by Gasteiger charge is 2.28. The third-order valence-electron chi connectivity index (χ3n) is 5.10. The average molecular weight is 403 g/mol. The Morgan fingerprint density at radius 3 is 2.29 bits per heavy atom. The van der Waals surface area contributed by atoms with Gasteiger partial charge in [-0.2, -0.15) is 4.31 Å². The summed E-state index contributed by atoms with van der Waals surface area (Å²) in [6, 6.07) is 14.1. The van der Waals surface area contributed by atoms with Gasteiger partial charge in [0.1, 0.15) is 6.61 Å². The number of piperazine rings is 1. The molecule has 0 spiro atoms. The molecule has 1 aliphatic heterocycles. The van der Waals surface area contributed by atoms with Crippen molar-refractivity contribution in [3.8, 4) is 0 Å². The van der Waals surface area contributed by atoms with Crippen LogP contribution in [0, 0.1) is 13.8 Å². The van der Waals surface area contributed by atoms with Crippen LogP contribution in [0.2, 0.25) is 0 Å². The van der Waals surface area contributed by atoms with Gasteiger partial charge in [0.15, 0.2) is 0 Å². The normalized spacial score (nSPS) is 16.1. The summed E-state index contributed by atoms with van der Waals surface area (Å²) in [6.07, 6.45) is 0. The van der Waals surface area contributed by atoms with Crippen LogP contribution in [0.3, 0.4) is 0 Å². The third kappa shape index (κ3) is 4.79. The lowest BCUT2D eigenvalue weighted by atomic mass is 10.1. The van der Waals surface area contributed by atoms with E-state index in [4.69, 9.17) is 4.74 Å². The number of nitrogens with zero attached hydrogens (tertiary/aromatic N) is 2. The molecule has 0 N–H and O–H groups in total. The maximum Gasteiger partial charge on any atom is 0.338 e. The largest absolute Gasteiger partial charge is 0.461 e. The quantitative estimate of drug-likeness (QED) is 0.695. The molecule has 6 nitrogen and oxygen atoms in total. The number of hydrogen-bond donors (Lipinski definition) is 0. The average Bonchev–Trinajstić information content (AvgIpc) is 2.71. The fraction of sp³-hybridized carbons (Fsp3) is 0.381. The number of rotatable bonds is 6. The number of carbonyl (C=O) groups is 1. The molecule has 3 rings (SSSR count). The van der Waals surface area contributed by atoms with Crippen molar-refractivity contribution in [2.24, 2.45) is 0 Å². The summed E-state index contributed by atoms with van der Waals surface area (Å²) in [5.41, 5.74) is 2.58. The first-order valence-electron chi connectivity index (χ1n) is 9.40. The molecule has 0 aromatic heterocycles. The Balaban J connectivity index is 1.49. The van der Waals surface area contributed by atoms with Crippen LogP contribution in [0.4, 0.5) is 0 Å². The first-order chi connectivity index (χ1) is 13.4. The second-order valence-electron chi connectivity index (χ2n) is 6.99. The maximum absolute atomic E-state index is 12.9. The van der Waals surface area contributed by atoms with Gasteiger partial charge in [-0.1, -0.05) is 24.3 Å². The number of benzene rings is 2. The van der Waals surface area contributed by atoms with Crippen molar-refractivity contribution in [3.05, 3.63) is 65.2 Å². The fourth-order valence-electron chi connectivity index (χ4n) is 3.14. The summed E-state index contributed by atoms with van der Waals surface area (Å²) in [7, 11) is -3.47.